The number of hydrogen-bond acceptors (Lipinski definition) is 5. The van der Waals surface area contributed by atoms with Gasteiger partial charge in [-0.1, -0.05) is 49.6 Å². The van der Waals surface area contributed by atoms with Crippen molar-refractivity contribution < 1.29 is 9.53 Å². The number of aryl methyl sites for hydroxylation is 1. The number of hydrogen-bond donors (Lipinski definition) is 0. The van der Waals surface area contributed by atoms with Crippen molar-refractivity contribution in [1.29, 1.82) is 0 Å². The number of benzene rings is 2. The highest BCUT2D eigenvalue weighted by molar-refractivity contribution is 5.96. The summed E-state index contributed by atoms with van der Waals surface area (Å²) in [4.78, 5) is 45.1. The number of fused-ring (bicyclic) bond motifs is 1. The SMILES string of the molecule is COc1cccc(C(=O)Cn2cnc3c2c(=O)n(C2CCCCC2)c(=O)n3-c2ccccc2C)c1. The van der Waals surface area contributed by atoms with Gasteiger partial charge >= 0.3 is 5.69 Å². The molecule has 2 aromatic carbocycles. The normalized spacial score (nSPS) is 14.3. The van der Waals surface area contributed by atoms with Crippen molar-refractivity contribution in [2.75, 3.05) is 7.11 Å². The summed E-state index contributed by atoms with van der Waals surface area (Å²) in [5, 5.41) is 0. The molecule has 8 heteroatoms. The van der Waals surface area contributed by atoms with Crippen LogP contribution >= 0.6 is 0 Å². The maximum atomic E-state index is 13.8. The van der Waals surface area contributed by atoms with E-state index in [-0.39, 0.29) is 35.2 Å². The Morgan fingerprint density at radius 3 is 2.57 bits per heavy atom. The van der Waals surface area contributed by atoms with Gasteiger partial charge in [-0.25, -0.2) is 14.3 Å². The first-order chi connectivity index (χ1) is 17.0. The molecule has 0 unspecified atom stereocenters. The Balaban J connectivity index is 1.70. The largest absolute Gasteiger partial charge is 0.497 e. The zero-order chi connectivity index (χ0) is 24.5. The van der Waals surface area contributed by atoms with Crippen molar-refractivity contribution in [3.05, 3.63) is 86.8 Å². The number of para-hydroxylation sites is 1. The highest BCUT2D eigenvalue weighted by Crippen LogP contribution is 2.27. The molecule has 0 aliphatic heterocycles. The molecule has 1 saturated carbocycles. The van der Waals surface area contributed by atoms with Crippen LogP contribution in [-0.2, 0) is 6.54 Å². The number of carbonyl (C=O) groups is 1. The van der Waals surface area contributed by atoms with Gasteiger partial charge in [0.15, 0.2) is 16.9 Å². The lowest BCUT2D eigenvalue weighted by Gasteiger charge is -2.24. The Morgan fingerprint density at radius 1 is 1.06 bits per heavy atom. The summed E-state index contributed by atoms with van der Waals surface area (Å²) in [6.45, 7) is 1.85. The molecular formula is C27H28N4O4. The number of ketones is 1. The van der Waals surface area contributed by atoms with E-state index < -0.39 is 5.56 Å². The van der Waals surface area contributed by atoms with Crippen LogP contribution < -0.4 is 16.0 Å². The van der Waals surface area contributed by atoms with Gasteiger partial charge in [0.25, 0.3) is 5.56 Å². The van der Waals surface area contributed by atoms with Crippen LogP contribution in [0.1, 0.15) is 54.1 Å². The third-order valence-corrected chi connectivity index (χ3v) is 6.85. The first-order valence-electron chi connectivity index (χ1n) is 11.9. The molecule has 4 aromatic rings. The molecular weight excluding hydrogens is 444 g/mol. The molecule has 5 rings (SSSR count). The van der Waals surface area contributed by atoms with Crippen LogP contribution in [0.3, 0.4) is 0 Å². The van der Waals surface area contributed by atoms with Crippen molar-refractivity contribution in [3.63, 3.8) is 0 Å². The molecule has 35 heavy (non-hydrogen) atoms. The van der Waals surface area contributed by atoms with Gasteiger partial charge in [-0.05, 0) is 43.5 Å². The molecule has 0 N–H and O–H groups in total. The Kier molecular flexibility index (Phi) is 6.11. The molecule has 1 aliphatic carbocycles. The first-order valence-corrected chi connectivity index (χ1v) is 11.9. The first kappa shape index (κ1) is 22.8. The molecule has 0 bridgehead atoms. The Labute approximate surface area is 202 Å². The summed E-state index contributed by atoms with van der Waals surface area (Å²) in [5.41, 5.74) is 1.80. The second kappa shape index (κ2) is 9.37. The minimum absolute atomic E-state index is 0.0739. The molecule has 0 radical (unpaired) electrons. The summed E-state index contributed by atoms with van der Waals surface area (Å²) in [7, 11) is 1.55. The smallest absolute Gasteiger partial charge is 0.337 e. The van der Waals surface area contributed by atoms with E-state index in [0.717, 1.165) is 37.7 Å². The van der Waals surface area contributed by atoms with Crippen LogP contribution in [0.4, 0.5) is 0 Å². The molecule has 0 spiro atoms. The summed E-state index contributed by atoms with van der Waals surface area (Å²) in [6, 6.07) is 14.3. The van der Waals surface area contributed by atoms with Crippen LogP contribution in [0.5, 0.6) is 5.75 Å². The summed E-state index contributed by atoms with van der Waals surface area (Å²) in [6.07, 6.45) is 6.10. The molecule has 2 aromatic heterocycles. The topological polar surface area (TPSA) is 88.1 Å². The fourth-order valence-corrected chi connectivity index (χ4v) is 5.01. The maximum Gasteiger partial charge on any atom is 0.337 e. The third-order valence-electron chi connectivity index (χ3n) is 6.85. The molecule has 0 saturated heterocycles. The summed E-state index contributed by atoms with van der Waals surface area (Å²) in [5.74, 6) is 0.403. The van der Waals surface area contributed by atoms with E-state index >= 15 is 0 Å². The molecule has 8 nitrogen and oxygen atoms in total. The van der Waals surface area contributed by atoms with E-state index in [2.05, 4.69) is 4.98 Å². The number of Topliss-reactive ketones (excluding diaryl/α,β-unsaturated/α-hetero) is 1. The number of aromatic nitrogens is 4. The van der Waals surface area contributed by atoms with E-state index in [4.69, 9.17) is 4.74 Å². The van der Waals surface area contributed by atoms with Gasteiger partial charge in [0.05, 0.1) is 25.7 Å². The zero-order valence-electron chi connectivity index (χ0n) is 19.9. The van der Waals surface area contributed by atoms with Gasteiger partial charge in [0, 0.05) is 11.6 Å². The quantitative estimate of drug-likeness (QED) is 0.395. The van der Waals surface area contributed by atoms with Gasteiger partial charge in [0.2, 0.25) is 0 Å². The number of imidazole rings is 1. The van der Waals surface area contributed by atoms with E-state index in [1.807, 2.05) is 31.2 Å². The molecule has 2 heterocycles. The molecule has 180 valence electrons. The van der Waals surface area contributed by atoms with Crippen LogP contribution in [0.25, 0.3) is 16.9 Å². The number of carbonyl (C=O) groups excluding carboxylic acids is 1. The number of rotatable bonds is 6. The van der Waals surface area contributed by atoms with Gasteiger partial charge in [-0.15, -0.1) is 0 Å². The van der Waals surface area contributed by atoms with Crippen molar-refractivity contribution in [2.45, 2.75) is 51.6 Å². The average Bonchev–Trinajstić information content (AvgIpc) is 3.29. The molecule has 1 fully saturated rings. The van der Waals surface area contributed by atoms with E-state index in [0.29, 0.717) is 17.0 Å². The average molecular weight is 473 g/mol. The Hall–Kier alpha value is -3.94. The minimum atomic E-state index is -0.391. The molecule has 0 amide bonds. The summed E-state index contributed by atoms with van der Waals surface area (Å²) >= 11 is 0. The number of nitrogens with zero attached hydrogens (tertiary/aromatic N) is 4. The predicted molar refractivity (Wildman–Crippen MR) is 134 cm³/mol. The van der Waals surface area contributed by atoms with Crippen LogP contribution in [0.2, 0.25) is 0 Å². The van der Waals surface area contributed by atoms with Gasteiger partial charge < -0.3 is 9.30 Å². The number of methoxy groups -OCH3 is 1. The van der Waals surface area contributed by atoms with Crippen molar-refractivity contribution in [1.82, 2.24) is 18.7 Å². The second-order valence-corrected chi connectivity index (χ2v) is 9.07. The van der Waals surface area contributed by atoms with E-state index in [9.17, 15) is 14.4 Å². The fourth-order valence-electron chi connectivity index (χ4n) is 5.01. The minimum Gasteiger partial charge on any atom is -0.497 e. The van der Waals surface area contributed by atoms with Crippen LogP contribution in [-0.4, -0.2) is 31.6 Å². The standard InChI is InChI=1S/C27H28N4O4/c1-18-9-6-7-14-22(18)31-25-24(26(33)30(27(31)34)20-11-4-3-5-12-20)29(17-28-25)16-23(32)19-10-8-13-21(15-19)35-2/h6-10,13-15,17,20H,3-5,11-12,16H2,1-2H3. The second-order valence-electron chi connectivity index (χ2n) is 9.07. The van der Waals surface area contributed by atoms with Gasteiger partial charge in [-0.2, -0.15) is 0 Å². The van der Waals surface area contributed by atoms with Crippen molar-refractivity contribution in [3.8, 4) is 11.4 Å². The lowest BCUT2D eigenvalue weighted by Crippen LogP contribution is -2.43. The van der Waals surface area contributed by atoms with Crippen molar-refractivity contribution >= 4 is 16.9 Å². The highest BCUT2D eigenvalue weighted by atomic mass is 16.5. The fraction of sp³-hybridized carbons (Fsp3) is 0.333. The Morgan fingerprint density at radius 2 is 1.83 bits per heavy atom. The van der Waals surface area contributed by atoms with Crippen LogP contribution in [0, 0.1) is 6.92 Å². The van der Waals surface area contributed by atoms with Gasteiger partial charge in [-0.3, -0.25) is 14.2 Å². The lowest BCUT2D eigenvalue weighted by molar-refractivity contribution is 0.0973. The molecule has 1 aliphatic rings. The predicted octanol–water partition coefficient (Wildman–Crippen LogP) is 4.05. The van der Waals surface area contributed by atoms with E-state index in [1.54, 1.807) is 35.9 Å². The van der Waals surface area contributed by atoms with Gasteiger partial charge in [0.1, 0.15) is 5.75 Å². The lowest BCUT2D eigenvalue weighted by atomic mass is 9.95. The molecule has 0 atom stereocenters. The number of ether oxygens (including phenoxy) is 1. The zero-order valence-corrected chi connectivity index (χ0v) is 19.9. The van der Waals surface area contributed by atoms with Crippen molar-refractivity contribution in [2.24, 2.45) is 0 Å². The van der Waals surface area contributed by atoms with E-state index in [1.165, 1.54) is 15.5 Å². The Bertz CT molecular complexity index is 1520. The van der Waals surface area contributed by atoms with Crippen LogP contribution in [0.15, 0.2) is 64.4 Å². The monoisotopic (exact) mass is 472 g/mol. The highest BCUT2D eigenvalue weighted by Gasteiger charge is 2.26. The third kappa shape index (κ3) is 4.09. The summed E-state index contributed by atoms with van der Waals surface area (Å²) < 4.78 is 9.71. The maximum absolute atomic E-state index is 13.8.